The Morgan fingerprint density at radius 2 is 1.77 bits per heavy atom. The summed E-state index contributed by atoms with van der Waals surface area (Å²) < 4.78 is 0. The topological polar surface area (TPSA) is 92.2 Å². The minimum absolute atomic E-state index is 0.000419. The predicted octanol–water partition coefficient (Wildman–Crippen LogP) is 3.34. The van der Waals surface area contributed by atoms with Crippen molar-refractivity contribution in [2.24, 2.45) is 0 Å². The number of rotatable bonds is 5. The molecule has 0 radical (unpaired) electrons. The van der Waals surface area contributed by atoms with Crippen molar-refractivity contribution in [3.63, 3.8) is 0 Å². The zero-order valence-corrected chi connectivity index (χ0v) is 15.8. The fraction of sp³-hybridized carbons (Fsp3) is 0.400. The Bertz CT molecular complexity index is 808. The number of aromatic nitrogens is 2. The Kier molecular flexibility index (Phi) is 5.75. The first-order valence-electron chi connectivity index (χ1n) is 8.51. The highest BCUT2D eigenvalue weighted by molar-refractivity contribution is 5.95. The van der Waals surface area contributed by atoms with Gasteiger partial charge >= 0.3 is 5.97 Å². The van der Waals surface area contributed by atoms with Gasteiger partial charge in [0.15, 0.2) is 0 Å². The van der Waals surface area contributed by atoms with E-state index in [0.29, 0.717) is 17.1 Å². The number of amides is 1. The molecule has 2 aromatic rings. The number of aliphatic carboxylic acids is 1. The van der Waals surface area contributed by atoms with Gasteiger partial charge in [-0.2, -0.15) is 0 Å². The van der Waals surface area contributed by atoms with E-state index >= 15 is 0 Å². The van der Waals surface area contributed by atoms with E-state index in [0.717, 1.165) is 11.1 Å². The number of carboxylic acids is 1. The van der Waals surface area contributed by atoms with Crippen LogP contribution in [0.3, 0.4) is 0 Å². The minimum Gasteiger partial charge on any atom is -0.481 e. The summed E-state index contributed by atoms with van der Waals surface area (Å²) in [5.74, 6) is -0.778. The van der Waals surface area contributed by atoms with Gasteiger partial charge in [-0.25, -0.2) is 9.97 Å². The average Bonchev–Trinajstić information content (AvgIpc) is 2.53. The molecule has 6 nitrogen and oxygen atoms in total. The third-order valence-corrected chi connectivity index (χ3v) is 4.21. The third kappa shape index (κ3) is 4.88. The molecule has 0 bridgehead atoms. The minimum atomic E-state index is -0.980. The summed E-state index contributed by atoms with van der Waals surface area (Å²) in [6.07, 6.45) is 1.26. The molecule has 26 heavy (non-hydrogen) atoms. The first kappa shape index (κ1) is 19.6. The molecule has 1 atom stereocenters. The number of benzene rings is 1. The first-order valence-corrected chi connectivity index (χ1v) is 8.51. The number of carbonyl (C=O) groups is 2. The van der Waals surface area contributed by atoms with Gasteiger partial charge in [0.25, 0.3) is 5.91 Å². The Balaban J connectivity index is 2.27. The van der Waals surface area contributed by atoms with Gasteiger partial charge in [0.2, 0.25) is 0 Å². The Morgan fingerprint density at radius 1 is 1.15 bits per heavy atom. The van der Waals surface area contributed by atoms with E-state index in [4.69, 9.17) is 0 Å². The lowest BCUT2D eigenvalue weighted by atomic mass is 9.86. The summed E-state index contributed by atoms with van der Waals surface area (Å²) in [4.78, 5) is 32.1. The second-order valence-electron chi connectivity index (χ2n) is 7.41. The molecule has 138 valence electrons. The molecule has 1 heterocycles. The zero-order valence-electron chi connectivity index (χ0n) is 15.8. The number of carbonyl (C=O) groups excluding carboxylic acids is 1. The molecule has 0 spiro atoms. The van der Waals surface area contributed by atoms with Gasteiger partial charge < -0.3 is 10.4 Å². The molecule has 0 fully saturated rings. The Labute approximate surface area is 153 Å². The third-order valence-electron chi connectivity index (χ3n) is 4.21. The second-order valence-corrected chi connectivity index (χ2v) is 7.41. The zero-order chi connectivity index (χ0) is 19.5. The van der Waals surface area contributed by atoms with Crippen LogP contribution in [0, 0.1) is 13.8 Å². The fourth-order valence-electron chi connectivity index (χ4n) is 2.68. The van der Waals surface area contributed by atoms with Crippen molar-refractivity contribution in [1.29, 1.82) is 0 Å². The summed E-state index contributed by atoms with van der Waals surface area (Å²) in [6, 6.07) is 7.04. The summed E-state index contributed by atoms with van der Waals surface area (Å²) in [5, 5.41) is 12.0. The van der Waals surface area contributed by atoms with Gasteiger partial charge in [0, 0.05) is 6.20 Å². The van der Waals surface area contributed by atoms with E-state index in [1.165, 1.54) is 6.20 Å². The lowest BCUT2D eigenvalue weighted by Gasteiger charge is -2.22. The van der Waals surface area contributed by atoms with Crippen LogP contribution in [0.5, 0.6) is 0 Å². The van der Waals surface area contributed by atoms with Gasteiger partial charge in [-0.15, -0.1) is 0 Å². The Hall–Kier alpha value is -2.76. The van der Waals surface area contributed by atoms with Crippen LogP contribution in [0.4, 0.5) is 0 Å². The average molecular weight is 355 g/mol. The maximum atomic E-state index is 12.6. The smallest absolute Gasteiger partial charge is 0.305 e. The number of nitrogens with one attached hydrogen (secondary N) is 1. The maximum absolute atomic E-state index is 12.6. The molecule has 2 N–H and O–H groups in total. The molecule has 1 aromatic carbocycles. The van der Waals surface area contributed by atoms with Crippen molar-refractivity contribution in [3.8, 4) is 0 Å². The molecule has 0 saturated carbocycles. The van der Waals surface area contributed by atoms with Crippen LogP contribution in [0.1, 0.15) is 66.2 Å². The highest BCUT2D eigenvalue weighted by Gasteiger charge is 2.21. The van der Waals surface area contributed by atoms with E-state index in [9.17, 15) is 14.7 Å². The summed E-state index contributed by atoms with van der Waals surface area (Å²) in [5.41, 5.74) is 2.80. The van der Waals surface area contributed by atoms with Crippen molar-refractivity contribution in [1.82, 2.24) is 15.3 Å². The van der Waals surface area contributed by atoms with E-state index in [1.54, 1.807) is 13.8 Å². The molecule has 0 saturated heterocycles. The monoisotopic (exact) mass is 355 g/mol. The predicted molar refractivity (Wildman–Crippen MR) is 99.1 cm³/mol. The van der Waals surface area contributed by atoms with Crippen LogP contribution in [0.2, 0.25) is 0 Å². The fourth-order valence-corrected chi connectivity index (χ4v) is 2.68. The van der Waals surface area contributed by atoms with Crippen LogP contribution in [-0.2, 0) is 10.2 Å². The SMILES string of the molecule is Cc1ncc(C(=O)NC(CC(=O)O)c2ccc(C(C)(C)C)cc2)c(C)n1. The van der Waals surface area contributed by atoms with Crippen molar-refractivity contribution >= 4 is 11.9 Å². The van der Waals surface area contributed by atoms with Crippen LogP contribution in [0.15, 0.2) is 30.5 Å². The van der Waals surface area contributed by atoms with E-state index in [2.05, 4.69) is 36.1 Å². The van der Waals surface area contributed by atoms with Crippen molar-refractivity contribution < 1.29 is 14.7 Å². The summed E-state index contributed by atoms with van der Waals surface area (Å²) in [6.45, 7) is 9.81. The molecular formula is C20H25N3O3. The standard InChI is InChI=1S/C20H25N3O3/c1-12-16(11-21-13(2)22-12)19(26)23-17(10-18(24)25)14-6-8-15(9-7-14)20(3,4)5/h6-9,11,17H,10H2,1-5H3,(H,23,26)(H,24,25). The van der Waals surface area contributed by atoms with E-state index < -0.39 is 12.0 Å². The van der Waals surface area contributed by atoms with E-state index in [1.807, 2.05) is 24.3 Å². The molecule has 0 aliphatic carbocycles. The van der Waals surface area contributed by atoms with Gasteiger partial charge in [-0.3, -0.25) is 9.59 Å². The lowest BCUT2D eigenvalue weighted by Crippen LogP contribution is -2.31. The normalized spacial score (nSPS) is 12.5. The van der Waals surface area contributed by atoms with Crippen LogP contribution in [-0.4, -0.2) is 27.0 Å². The van der Waals surface area contributed by atoms with Gasteiger partial charge in [-0.05, 0) is 30.4 Å². The van der Waals surface area contributed by atoms with Crippen LogP contribution < -0.4 is 5.32 Å². The molecule has 1 amide bonds. The summed E-state index contributed by atoms with van der Waals surface area (Å²) in [7, 11) is 0. The first-order chi connectivity index (χ1) is 12.1. The van der Waals surface area contributed by atoms with Crippen molar-refractivity contribution in [3.05, 3.63) is 58.7 Å². The van der Waals surface area contributed by atoms with Crippen molar-refractivity contribution in [2.45, 2.75) is 52.5 Å². The van der Waals surface area contributed by atoms with Gasteiger partial charge in [0.05, 0.1) is 23.7 Å². The quantitative estimate of drug-likeness (QED) is 0.858. The lowest BCUT2D eigenvalue weighted by molar-refractivity contribution is -0.137. The second kappa shape index (κ2) is 7.64. The van der Waals surface area contributed by atoms with Crippen molar-refractivity contribution in [2.75, 3.05) is 0 Å². The molecule has 6 heteroatoms. The number of carboxylic acid groups (broad SMARTS) is 1. The van der Waals surface area contributed by atoms with Crippen LogP contribution in [0.25, 0.3) is 0 Å². The maximum Gasteiger partial charge on any atom is 0.305 e. The largest absolute Gasteiger partial charge is 0.481 e. The molecule has 0 aliphatic rings. The number of aryl methyl sites for hydroxylation is 2. The highest BCUT2D eigenvalue weighted by atomic mass is 16.4. The molecular weight excluding hydrogens is 330 g/mol. The molecule has 0 aliphatic heterocycles. The number of hydrogen-bond donors (Lipinski definition) is 2. The van der Waals surface area contributed by atoms with Gasteiger partial charge in [0.1, 0.15) is 5.82 Å². The highest BCUT2D eigenvalue weighted by Crippen LogP contribution is 2.25. The molecule has 1 aromatic heterocycles. The molecule has 2 rings (SSSR count). The molecule has 1 unspecified atom stereocenters. The number of hydrogen-bond acceptors (Lipinski definition) is 4. The van der Waals surface area contributed by atoms with Gasteiger partial charge in [-0.1, -0.05) is 45.0 Å². The van der Waals surface area contributed by atoms with Crippen LogP contribution >= 0.6 is 0 Å². The summed E-state index contributed by atoms with van der Waals surface area (Å²) >= 11 is 0. The van der Waals surface area contributed by atoms with E-state index in [-0.39, 0.29) is 17.7 Å². The Morgan fingerprint density at radius 3 is 2.27 bits per heavy atom. The number of nitrogens with zero attached hydrogens (tertiary/aromatic N) is 2.